The Balaban J connectivity index is 5.40. The molecule has 0 heterocycles. The molecule has 0 spiro atoms. The van der Waals surface area contributed by atoms with Crippen molar-refractivity contribution in [3.05, 3.63) is 0 Å². The van der Waals surface area contributed by atoms with Crippen LogP contribution in [0.25, 0.3) is 0 Å². The first-order valence-electron chi connectivity index (χ1n) is 10.4. The molecule has 0 fully saturated rings. The van der Waals surface area contributed by atoms with E-state index >= 15 is 0 Å². The van der Waals surface area contributed by atoms with E-state index in [-0.39, 0.29) is 6.42 Å². The Labute approximate surface area is 193 Å². The molecular weight excluding hydrogens is 440 g/mol. The number of carboxylic acids is 1. The van der Waals surface area contributed by atoms with Gasteiger partial charge >= 0.3 is 12.1 Å². The molecule has 0 aliphatic rings. The van der Waals surface area contributed by atoms with Gasteiger partial charge in [-0.2, -0.15) is 11.8 Å². The van der Waals surface area contributed by atoms with Crippen LogP contribution in [-0.4, -0.2) is 70.6 Å². The second-order valence-electron chi connectivity index (χ2n) is 8.25. The standard InChI is InChI=1S/C20H36N4O7S/c1-6-7-8-12(16(21)27)22-18(29)14(11-15(25)26)23-17(28)13(9-10-32-5)24-19(30)31-20(2,3)4/h12-14H,6-11H2,1-5H3,(H2,21,27)(H,22,29)(H,23,28)(H,24,30)(H,25,26)/t12?,13-,14-/m0/s1. The van der Waals surface area contributed by atoms with Crippen molar-refractivity contribution in [2.45, 2.75) is 83.5 Å². The second kappa shape index (κ2) is 14.5. The summed E-state index contributed by atoms with van der Waals surface area (Å²) in [6.07, 6.45) is 2.21. The van der Waals surface area contributed by atoms with Crippen LogP contribution in [0, 0.1) is 0 Å². The topological polar surface area (TPSA) is 177 Å². The Morgan fingerprint density at radius 1 is 0.969 bits per heavy atom. The molecular formula is C20H36N4O7S. The molecule has 0 saturated heterocycles. The molecule has 0 aliphatic carbocycles. The van der Waals surface area contributed by atoms with Crippen molar-refractivity contribution in [3.8, 4) is 0 Å². The Morgan fingerprint density at radius 2 is 1.53 bits per heavy atom. The maximum absolute atomic E-state index is 12.8. The van der Waals surface area contributed by atoms with Crippen molar-refractivity contribution in [1.29, 1.82) is 0 Å². The summed E-state index contributed by atoms with van der Waals surface area (Å²) in [5.41, 5.74) is 4.54. The maximum Gasteiger partial charge on any atom is 0.408 e. The zero-order valence-electron chi connectivity index (χ0n) is 19.4. The fourth-order valence-corrected chi connectivity index (χ4v) is 3.05. The molecule has 0 aromatic carbocycles. The normalized spacial score (nSPS) is 13.9. The number of nitrogens with two attached hydrogens (primary N) is 1. The first-order valence-corrected chi connectivity index (χ1v) is 11.8. The van der Waals surface area contributed by atoms with Crippen LogP contribution in [0.5, 0.6) is 0 Å². The van der Waals surface area contributed by atoms with Crippen molar-refractivity contribution in [3.63, 3.8) is 0 Å². The summed E-state index contributed by atoms with van der Waals surface area (Å²) in [6.45, 7) is 6.92. The van der Waals surface area contributed by atoms with Crippen LogP contribution in [0.15, 0.2) is 0 Å². The van der Waals surface area contributed by atoms with Crippen molar-refractivity contribution in [2.75, 3.05) is 12.0 Å². The lowest BCUT2D eigenvalue weighted by Crippen LogP contribution is -2.57. The van der Waals surface area contributed by atoms with Crippen molar-refractivity contribution in [1.82, 2.24) is 16.0 Å². The van der Waals surface area contributed by atoms with Gasteiger partial charge in [0.2, 0.25) is 17.7 Å². The minimum atomic E-state index is -1.46. The summed E-state index contributed by atoms with van der Waals surface area (Å²) in [6, 6.07) is -3.49. The number of primary amides is 1. The van der Waals surface area contributed by atoms with E-state index in [4.69, 9.17) is 15.6 Å². The van der Waals surface area contributed by atoms with E-state index in [2.05, 4.69) is 16.0 Å². The summed E-state index contributed by atoms with van der Waals surface area (Å²) in [5, 5.41) is 16.4. The number of rotatable bonds is 14. The van der Waals surface area contributed by atoms with Gasteiger partial charge in [-0.15, -0.1) is 0 Å². The van der Waals surface area contributed by atoms with Crippen LogP contribution >= 0.6 is 11.8 Å². The van der Waals surface area contributed by atoms with Gasteiger partial charge in [0.05, 0.1) is 6.42 Å². The predicted octanol–water partition coefficient (Wildman–Crippen LogP) is 0.753. The summed E-state index contributed by atoms with van der Waals surface area (Å²) in [7, 11) is 0. The molecule has 12 heteroatoms. The van der Waals surface area contributed by atoms with Gasteiger partial charge in [-0.05, 0) is 45.6 Å². The van der Waals surface area contributed by atoms with E-state index in [1.807, 2.05) is 13.2 Å². The van der Waals surface area contributed by atoms with Gasteiger partial charge in [-0.3, -0.25) is 19.2 Å². The van der Waals surface area contributed by atoms with Gasteiger partial charge in [0, 0.05) is 0 Å². The average Bonchev–Trinajstić information content (AvgIpc) is 2.65. The summed E-state index contributed by atoms with van der Waals surface area (Å²) in [5.74, 6) is -3.14. The lowest BCUT2D eigenvalue weighted by molar-refractivity contribution is -0.141. The van der Waals surface area contributed by atoms with Crippen LogP contribution in [0.3, 0.4) is 0 Å². The minimum absolute atomic E-state index is 0.230. The number of thioether (sulfide) groups is 1. The maximum atomic E-state index is 12.8. The molecule has 0 bridgehead atoms. The van der Waals surface area contributed by atoms with Crippen LogP contribution in [0.2, 0.25) is 0 Å². The first-order chi connectivity index (χ1) is 14.8. The predicted molar refractivity (Wildman–Crippen MR) is 121 cm³/mol. The summed E-state index contributed by atoms with van der Waals surface area (Å²) < 4.78 is 5.17. The van der Waals surface area contributed by atoms with E-state index in [9.17, 15) is 24.0 Å². The molecule has 3 atom stereocenters. The molecule has 0 aliphatic heterocycles. The highest BCUT2D eigenvalue weighted by Gasteiger charge is 2.31. The molecule has 0 rings (SSSR count). The average molecular weight is 477 g/mol. The molecule has 0 radical (unpaired) electrons. The Morgan fingerprint density at radius 3 is 2.00 bits per heavy atom. The van der Waals surface area contributed by atoms with Crippen molar-refractivity contribution < 1.29 is 33.8 Å². The fraction of sp³-hybridized carbons (Fsp3) is 0.750. The third-order valence-electron chi connectivity index (χ3n) is 4.14. The molecule has 11 nitrogen and oxygen atoms in total. The number of nitrogens with one attached hydrogen (secondary N) is 3. The quantitative estimate of drug-likeness (QED) is 0.244. The fourth-order valence-electron chi connectivity index (χ4n) is 2.58. The number of carbonyl (C=O) groups excluding carboxylic acids is 4. The third-order valence-corrected chi connectivity index (χ3v) is 4.78. The van der Waals surface area contributed by atoms with Crippen molar-refractivity contribution >= 4 is 41.5 Å². The number of hydrogen-bond acceptors (Lipinski definition) is 7. The van der Waals surface area contributed by atoms with Gasteiger partial charge in [-0.1, -0.05) is 19.8 Å². The van der Waals surface area contributed by atoms with Gasteiger partial charge in [-0.25, -0.2) is 4.79 Å². The van der Waals surface area contributed by atoms with Gasteiger partial charge in [0.15, 0.2) is 0 Å². The molecule has 4 amide bonds. The Kier molecular flexibility index (Phi) is 13.4. The molecule has 1 unspecified atom stereocenters. The largest absolute Gasteiger partial charge is 0.481 e. The van der Waals surface area contributed by atoms with Gasteiger partial charge in [0.25, 0.3) is 0 Å². The lowest BCUT2D eigenvalue weighted by Gasteiger charge is -2.25. The second-order valence-corrected chi connectivity index (χ2v) is 9.23. The Bertz CT molecular complexity index is 667. The first kappa shape index (κ1) is 29.5. The number of hydrogen-bond donors (Lipinski definition) is 5. The third kappa shape index (κ3) is 13.0. The smallest absolute Gasteiger partial charge is 0.408 e. The minimum Gasteiger partial charge on any atom is -0.481 e. The van der Waals surface area contributed by atoms with E-state index in [1.165, 1.54) is 11.8 Å². The highest BCUT2D eigenvalue weighted by Crippen LogP contribution is 2.09. The summed E-state index contributed by atoms with van der Waals surface area (Å²) in [4.78, 5) is 60.4. The number of aliphatic carboxylic acids is 1. The van der Waals surface area contributed by atoms with Crippen molar-refractivity contribution in [2.24, 2.45) is 5.73 Å². The van der Waals surface area contributed by atoms with Crippen LogP contribution < -0.4 is 21.7 Å². The van der Waals surface area contributed by atoms with Crippen LogP contribution in [0.4, 0.5) is 4.79 Å². The van der Waals surface area contributed by atoms with E-state index in [1.54, 1.807) is 20.8 Å². The number of carboxylic acid groups (broad SMARTS) is 1. The monoisotopic (exact) mass is 476 g/mol. The van der Waals surface area contributed by atoms with Crippen LogP contribution in [0.1, 0.15) is 59.8 Å². The number of alkyl carbamates (subject to hydrolysis) is 1. The zero-order valence-corrected chi connectivity index (χ0v) is 20.2. The molecule has 184 valence electrons. The number of unbranched alkanes of at least 4 members (excludes halogenated alkanes) is 1. The number of amides is 4. The molecule has 6 N–H and O–H groups in total. The van der Waals surface area contributed by atoms with E-state index < -0.39 is 59.9 Å². The van der Waals surface area contributed by atoms with E-state index in [0.717, 1.165) is 6.42 Å². The highest BCUT2D eigenvalue weighted by atomic mass is 32.2. The zero-order chi connectivity index (χ0) is 24.9. The Hall–Kier alpha value is -2.50. The molecule has 32 heavy (non-hydrogen) atoms. The molecule has 0 saturated carbocycles. The lowest BCUT2D eigenvalue weighted by atomic mass is 10.1. The van der Waals surface area contributed by atoms with E-state index in [0.29, 0.717) is 18.6 Å². The molecule has 0 aromatic heterocycles. The van der Waals surface area contributed by atoms with Gasteiger partial charge in [0.1, 0.15) is 23.7 Å². The molecule has 0 aromatic rings. The SMILES string of the molecule is CCCCC(NC(=O)[C@H](CC(=O)O)NC(=O)[C@H](CCSC)NC(=O)OC(C)(C)C)C(N)=O. The summed E-state index contributed by atoms with van der Waals surface area (Å²) >= 11 is 1.45. The van der Waals surface area contributed by atoms with Crippen LogP contribution in [-0.2, 0) is 23.9 Å². The number of ether oxygens (including phenoxy) is 1. The van der Waals surface area contributed by atoms with Gasteiger partial charge < -0.3 is 31.5 Å². The number of carbonyl (C=O) groups is 5. The highest BCUT2D eigenvalue weighted by molar-refractivity contribution is 7.98.